The van der Waals surface area contributed by atoms with Gasteiger partial charge in [-0.3, -0.25) is 0 Å². The summed E-state index contributed by atoms with van der Waals surface area (Å²) in [4.78, 5) is 8.90. The van der Waals surface area contributed by atoms with E-state index >= 15 is 0 Å². The third-order valence-corrected chi connectivity index (χ3v) is 2.79. The Morgan fingerprint density at radius 1 is 1.17 bits per heavy atom. The average Bonchev–Trinajstić information content (AvgIpc) is 2.32. The molecule has 0 unspecified atom stereocenters. The number of anilines is 2. The number of nitrogens with zero attached hydrogens (tertiary/aromatic N) is 2. The zero-order valence-electron chi connectivity index (χ0n) is 12.0. The minimum absolute atomic E-state index is 0.238. The summed E-state index contributed by atoms with van der Waals surface area (Å²) >= 11 is 1.56. The van der Waals surface area contributed by atoms with Gasteiger partial charge in [-0.25, -0.2) is 9.97 Å². The van der Waals surface area contributed by atoms with Crippen LogP contribution in [0.3, 0.4) is 0 Å². The molecular formula is C13H24N4S. The molecule has 2 N–H and O–H groups in total. The lowest BCUT2D eigenvalue weighted by Gasteiger charge is -2.19. The molecule has 1 heterocycles. The Morgan fingerprint density at radius 3 is 2.28 bits per heavy atom. The molecule has 5 heteroatoms. The van der Waals surface area contributed by atoms with Gasteiger partial charge in [0.25, 0.3) is 0 Å². The van der Waals surface area contributed by atoms with Gasteiger partial charge in [0.2, 0.25) is 0 Å². The zero-order valence-corrected chi connectivity index (χ0v) is 12.8. The monoisotopic (exact) mass is 268 g/mol. The third kappa shape index (κ3) is 5.58. The molecule has 0 saturated carbocycles. The summed E-state index contributed by atoms with van der Waals surface area (Å²) in [6.07, 6.45) is 3.08. The fourth-order valence-corrected chi connectivity index (χ4v) is 1.69. The highest BCUT2D eigenvalue weighted by Crippen LogP contribution is 2.19. The highest BCUT2D eigenvalue weighted by molar-refractivity contribution is 7.98. The average molecular weight is 268 g/mol. The second-order valence-corrected chi connectivity index (χ2v) is 6.24. The molecular weight excluding hydrogens is 244 g/mol. The molecule has 1 rings (SSSR count). The van der Waals surface area contributed by atoms with Crippen molar-refractivity contribution in [3.05, 3.63) is 6.07 Å². The van der Waals surface area contributed by atoms with Crippen LogP contribution in [-0.2, 0) is 0 Å². The highest BCUT2D eigenvalue weighted by atomic mass is 32.2. The second-order valence-electron chi connectivity index (χ2n) is 5.47. The van der Waals surface area contributed by atoms with Gasteiger partial charge in [-0.1, -0.05) is 39.5 Å². The Kier molecular flexibility index (Phi) is 5.72. The molecule has 0 radical (unpaired) electrons. The van der Waals surface area contributed by atoms with Crippen molar-refractivity contribution in [2.75, 3.05) is 30.0 Å². The van der Waals surface area contributed by atoms with Gasteiger partial charge < -0.3 is 10.6 Å². The van der Waals surface area contributed by atoms with Crippen molar-refractivity contribution >= 4 is 23.4 Å². The predicted octanol–water partition coefficient (Wildman–Crippen LogP) is 3.48. The number of hydrogen-bond acceptors (Lipinski definition) is 5. The summed E-state index contributed by atoms with van der Waals surface area (Å²) in [5, 5.41) is 7.47. The molecule has 0 atom stereocenters. The van der Waals surface area contributed by atoms with Crippen molar-refractivity contribution in [2.45, 2.75) is 39.3 Å². The van der Waals surface area contributed by atoms with E-state index < -0.39 is 0 Å². The summed E-state index contributed by atoms with van der Waals surface area (Å²) < 4.78 is 0. The van der Waals surface area contributed by atoms with E-state index in [-0.39, 0.29) is 5.41 Å². The molecule has 1 aromatic rings. The lowest BCUT2D eigenvalue weighted by Crippen LogP contribution is -2.20. The standard InChI is InChI=1S/C13H24N4S/c1-6-7-14-10-8-11(15-9-13(2,3)4)17-12(16-10)18-5/h8H,6-7,9H2,1-5H3,(H2,14,15,16,17). The Labute approximate surface area is 114 Å². The summed E-state index contributed by atoms with van der Waals surface area (Å²) in [6.45, 7) is 10.6. The molecule has 0 saturated heterocycles. The van der Waals surface area contributed by atoms with Crippen LogP contribution in [0.4, 0.5) is 11.6 Å². The molecule has 18 heavy (non-hydrogen) atoms. The Morgan fingerprint density at radius 2 is 1.78 bits per heavy atom. The van der Waals surface area contributed by atoms with E-state index in [9.17, 15) is 0 Å². The number of rotatable bonds is 6. The van der Waals surface area contributed by atoms with Crippen LogP contribution >= 0.6 is 11.8 Å². The lowest BCUT2D eigenvalue weighted by molar-refractivity contribution is 0.442. The molecule has 0 bridgehead atoms. The number of nitrogens with one attached hydrogen (secondary N) is 2. The first-order valence-electron chi connectivity index (χ1n) is 6.35. The minimum atomic E-state index is 0.238. The normalized spacial score (nSPS) is 11.4. The summed E-state index contributed by atoms with van der Waals surface area (Å²) in [6, 6.07) is 1.97. The van der Waals surface area contributed by atoms with Gasteiger partial charge in [0, 0.05) is 19.2 Å². The van der Waals surface area contributed by atoms with Crippen molar-refractivity contribution in [3.8, 4) is 0 Å². The van der Waals surface area contributed by atoms with Gasteiger partial charge in [-0.15, -0.1) is 0 Å². The number of aromatic nitrogens is 2. The van der Waals surface area contributed by atoms with E-state index in [1.165, 1.54) is 0 Å². The van der Waals surface area contributed by atoms with Crippen LogP contribution in [0.2, 0.25) is 0 Å². The Balaban J connectivity index is 2.76. The zero-order chi connectivity index (χ0) is 13.6. The van der Waals surface area contributed by atoms with Crippen molar-refractivity contribution in [3.63, 3.8) is 0 Å². The van der Waals surface area contributed by atoms with E-state index in [2.05, 4.69) is 48.3 Å². The van der Waals surface area contributed by atoms with Gasteiger partial charge >= 0.3 is 0 Å². The molecule has 0 aromatic carbocycles. The Hall–Kier alpha value is -0.970. The third-order valence-electron chi connectivity index (χ3n) is 2.24. The smallest absolute Gasteiger partial charge is 0.191 e. The van der Waals surface area contributed by atoms with Crippen LogP contribution in [0.15, 0.2) is 11.2 Å². The van der Waals surface area contributed by atoms with E-state index in [0.29, 0.717) is 0 Å². The summed E-state index contributed by atoms with van der Waals surface area (Å²) in [7, 11) is 0. The quantitative estimate of drug-likeness (QED) is 0.611. The van der Waals surface area contributed by atoms with Crippen molar-refractivity contribution in [1.82, 2.24) is 9.97 Å². The SMILES string of the molecule is CCCNc1cc(NCC(C)(C)C)nc(SC)n1. The fourth-order valence-electron chi connectivity index (χ4n) is 1.31. The highest BCUT2D eigenvalue weighted by Gasteiger charge is 2.11. The maximum absolute atomic E-state index is 4.46. The van der Waals surface area contributed by atoms with Crippen molar-refractivity contribution in [2.24, 2.45) is 5.41 Å². The van der Waals surface area contributed by atoms with E-state index in [1.807, 2.05) is 12.3 Å². The largest absolute Gasteiger partial charge is 0.370 e. The second kappa shape index (κ2) is 6.83. The van der Waals surface area contributed by atoms with Crippen LogP contribution in [0.25, 0.3) is 0 Å². The first-order chi connectivity index (χ1) is 8.44. The van der Waals surface area contributed by atoms with Gasteiger partial charge in [0.05, 0.1) is 0 Å². The molecule has 0 aliphatic rings. The van der Waals surface area contributed by atoms with Crippen LogP contribution in [0, 0.1) is 5.41 Å². The van der Waals surface area contributed by atoms with Crippen molar-refractivity contribution < 1.29 is 0 Å². The van der Waals surface area contributed by atoms with Crippen LogP contribution in [-0.4, -0.2) is 29.3 Å². The summed E-state index contributed by atoms with van der Waals surface area (Å²) in [5.41, 5.74) is 0.238. The molecule has 4 nitrogen and oxygen atoms in total. The van der Waals surface area contributed by atoms with Crippen LogP contribution in [0.5, 0.6) is 0 Å². The summed E-state index contributed by atoms with van der Waals surface area (Å²) in [5.74, 6) is 1.79. The molecule has 0 fully saturated rings. The molecule has 0 amide bonds. The van der Waals surface area contributed by atoms with Gasteiger partial charge in [-0.05, 0) is 18.1 Å². The fraction of sp³-hybridized carbons (Fsp3) is 0.692. The minimum Gasteiger partial charge on any atom is -0.370 e. The first kappa shape index (κ1) is 15.1. The molecule has 0 aliphatic heterocycles. The van der Waals surface area contributed by atoms with Gasteiger partial charge in [-0.2, -0.15) is 0 Å². The lowest BCUT2D eigenvalue weighted by atomic mass is 9.97. The van der Waals surface area contributed by atoms with Crippen LogP contribution in [0.1, 0.15) is 34.1 Å². The molecule has 0 spiro atoms. The number of hydrogen-bond donors (Lipinski definition) is 2. The van der Waals surface area contributed by atoms with Gasteiger partial charge in [0.1, 0.15) is 11.6 Å². The maximum atomic E-state index is 4.46. The number of thioether (sulfide) groups is 1. The van der Waals surface area contributed by atoms with Crippen molar-refractivity contribution in [1.29, 1.82) is 0 Å². The van der Waals surface area contributed by atoms with E-state index in [4.69, 9.17) is 0 Å². The van der Waals surface area contributed by atoms with E-state index in [0.717, 1.165) is 36.3 Å². The maximum Gasteiger partial charge on any atom is 0.191 e. The van der Waals surface area contributed by atoms with E-state index in [1.54, 1.807) is 11.8 Å². The van der Waals surface area contributed by atoms with Crippen LogP contribution < -0.4 is 10.6 Å². The first-order valence-corrected chi connectivity index (χ1v) is 7.58. The predicted molar refractivity (Wildman–Crippen MR) is 80.5 cm³/mol. The molecule has 1 aromatic heterocycles. The topological polar surface area (TPSA) is 49.8 Å². The Bertz CT molecular complexity index is 374. The van der Waals surface area contributed by atoms with Gasteiger partial charge in [0.15, 0.2) is 5.16 Å². The molecule has 102 valence electrons. The molecule has 0 aliphatic carbocycles.